The minimum absolute atomic E-state index is 0.00996. The maximum absolute atomic E-state index is 12.6. The first-order chi connectivity index (χ1) is 16.2. The number of fused-ring (bicyclic) bond motifs is 3. The average molecular weight is 467 g/mol. The molecule has 0 bridgehead atoms. The van der Waals surface area contributed by atoms with E-state index in [9.17, 15) is 24.6 Å². The number of carboxylic acids is 1. The van der Waals surface area contributed by atoms with Crippen molar-refractivity contribution in [1.29, 1.82) is 0 Å². The number of aliphatic hydroxyl groups is 1. The average Bonchev–Trinajstić information content (AvgIpc) is 3.34. The van der Waals surface area contributed by atoms with Gasteiger partial charge in [0, 0.05) is 30.8 Å². The number of hydrogen-bond acceptors (Lipinski definition) is 5. The third-order valence-electron chi connectivity index (χ3n) is 6.63. The number of carbonyl (C=O) groups excluding carboxylic acids is 2. The summed E-state index contributed by atoms with van der Waals surface area (Å²) in [6, 6.07) is 15.2. The van der Waals surface area contributed by atoms with Crippen LogP contribution >= 0.6 is 0 Å². The van der Waals surface area contributed by atoms with Gasteiger partial charge in [-0.2, -0.15) is 0 Å². The number of likely N-dealkylation sites (tertiary alicyclic amines) is 1. The summed E-state index contributed by atoms with van der Waals surface area (Å²) in [4.78, 5) is 37.7. The molecule has 0 aromatic heterocycles. The quantitative estimate of drug-likeness (QED) is 0.577. The van der Waals surface area contributed by atoms with Gasteiger partial charge < -0.3 is 25.2 Å². The number of carboxylic acid groups (broad SMARTS) is 1. The smallest absolute Gasteiger partial charge is 0.407 e. The maximum Gasteiger partial charge on any atom is 0.407 e. The lowest BCUT2D eigenvalue weighted by molar-refractivity contribution is -0.148. The number of nitrogens with zero attached hydrogens (tertiary/aromatic N) is 1. The van der Waals surface area contributed by atoms with Crippen molar-refractivity contribution in [3.8, 4) is 11.1 Å². The highest BCUT2D eigenvalue weighted by Crippen LogP contribution is 2.44. The molecule has 1 unspecified atom stereocenters. The fraction of sp³-hybridized carbons (Fsp3) is 0.423. The van der Waals surface area contributed by atoms with Gasteiger partial charge in [0.1, 0.15) is 12.6 Å². The summed E-state index contributed by atoms with van der Waals surface area (Å²) in [5, 5.41) is 21.9. The molecule has 1 heterocycles. The zero-order chi connectivity index (χ0) is 24.5. The molecule has 2 aromatic carbocycles. The summed E-state index contributed by atoms with van der Waals surface area (Å²) < 4.78 is 5.59. The SMILES string of the molecule is CC(C)(CCC(=O)N1CC(O)C[C@H]1C(=O)O)NC(=O)OCC1c2ccccc2-c2ccccc21. The van der Waals surface area contributed by atoms with E-state index in [-0.39, 0.29) is 37.8 Å². The van der Waals surface area contributed by atoms with Crippen molar-refractivity contribution in [3.05, 3.63) is 59.7 Å². The Morgan fingerprint density at radius 3 is 2.24 bits per heavy atom. The molecule has 180 valence electrons. The fourth-order valence-electron chi connectivity index (χ4n) is 4.86. The highest BCUT2D eigenvalue weighted by Gasteiger charge is 2.39. The largest absolute Gasteiger partial charge is 0.480 e. The molecule has 3 N–H and O–H groups in total. The first kappa shape index (κ1) is 23.8. The van der Waals surface area contributed by atoms with E-state index in [0.29, 0.717) is 6.42 Å². The van der Waals surface area contributed by atoms with Gasteiger partial charge in [0.25, 0.3) is 0 Å². The van der Waals surface area contributed by atoms with Crippen molar-refractivity contribution < 1.29 is 29.3 Å². The second kappa shape index (κ2) is 9.46. The number of aliphatic carboxylic acids is 1. The molecule has 1 aliphatic carbocycles. The van der Waals surface area contributed by atoms with E-state index in [1.165, 1.54) is 4.90 Å². The van der Waals surface area contributed by atoms with Crippen LogP contribution < -0.4 is 5.32 Å². The minimum atomic E-state index is -1.12. The molecular weight excluding hydrogens is 436 g/mol. The van der Waals surface area contributed by atoms with E-state index in [1.54, 1.807) is 13.8 Å². The number of amides is 2. The number of ether oxygens (including phenoxy) is 1. The van der Waals surface area contributed by atoms with E-state index in [4.69, 9.17) is 4.74 Å². The molecular formula is C26H30N2O6. The van der Waals surface area contributed by atoms with E-state index in [2.05, 4.69) is 29.6 Å². The number of aliphatic hydroxyl groups excluding tert-OH is 1. The van der Waals surface area contributed by atoms with Gasteiger partial charge in [0.15, 0.2) is 0 Å². The van der Waals surface area contributed by atoms with Gasteiger partial charge in [-0.3, -0.25) is 4.79 Å². The second-order valence-corrected chi connectivity index (χ2v) is 9.62. The third kappa shape index (κ3) is 4.92. The predicted molar refractivity (Wildman–Crippen MR) is 125 cm³/mol. The Bertz CT molecular complexity index is 1050. The normalized spacial score (nSPS) is 19.4. The molecule has 0 spiro atoms. The van der Waals surface area contributed by atoms with Crippen LogP contribution in [0.1, 0.15) is 50.2 Å². The lowest BCUT2D eigenvalue weighted by Gasteiger charge is -2.28. The first-order valence-electron chi connectivity index (χ1n) is 11.5. The molecule has 8 heteroatoms. The third-order valence-corrected chi connectivity index (χ3v) is 6.63. The Morgan fingerprint density at radius 2 is 1.65 bits per heavy atom. The summed E-state index contributed by atoms with van der Waals surface area (Å²) in [5.41, 5.74) is 3.81. The van der Waals surface area contributed by atoms with Crippen LogP contribution in [0.2, 0.25) is 0 Å². The van der Waals surface area contributed by atoms with E-state index >= 15 is 0 Å². The molecule has 2 amide bonds. The lowest BCUT2D eigenvalue weighted by atomic mass is 9.97. The number of rotatable bonds is 7. The van der Waals surface area contributed by atoms with E-state index in [1.807, 2.05) is 24.3 Å². The Morgan fingerprint density at radius 1 is 1.06 bits per heavy atom. The van der Waals surface area contributed by atoms with Crippen LogP contribution in [0.15, 0.2) is 48.5 Å². The van der Waals surface area contributed by atoms with Crippen molar-refractivity contribution in [1.82, 2.24) is 10.2 Å². The number of β-amino-alcohol motifs (C(OH)–C–C–N with tert-alkyl or cyclic N) is 1. The molecule has 1 fully saturated rings. The predicted octanol–water partition coefficient (Wildman–Crippen LogP) is 3.13. The number of alkyl carbamates (subject to hydrolysis) is 1. The van der Waals surface area contributed by atoms with Crippen molar-refractivity contribution >= 4 is 18.0 Å². The van der Waals surface area contributed by atoms with Crippen molar-refractivity contribution in [2.24, 2.45) is 0 Å². The molecule has 2 aliphatic rings. The van der Waals surface area contributed by atoms with Gasteiger partial charge in [0.05, 0.1) is 6.10 Å². The highest BCUT2D eigenvalue weighted by atomic mass is 16.5. The van der Waals surface area contributed by atoms with Gasteiger partial charge in [-0.15, -0.1) is 0 Å². The summed E-state index contributed by atoms with van der Waals surface area (Å²) in [5.74, 6) is -1.52. The molecule has 2 atom stereocenters. The Kier molecular flexibility index (Phi) is 6.61. The lowest BCUT2D eigenvalue weighted by Crippen LogP contribution is -2.46. The molecule has 8 nitrogen and oxygen atoms in total. The van der Waals surface area contributed by atoms with Crippen molar-refractivity contribution in [3.63, 3.8) is 0 Å². The monoisotopic (exact) mass is 466 g/mol. The number of hydrogen-bond donors (Lipinski definition) is 3. The summed E-state index contributed by atoms with van der Waals surface area (Å²) in [7, 11) is 0. The van der Waals surface area contributed by atoms with Crippen LogP contribution in [0.25, 0.3) is 11.1 Å². The standard InChI is InChI=1S/C26H30N2O6/c1-26(2,12-11-23(30)28-14-16(29)13-22(28)24(31)32)27-25(33)34-15-21-19-9-5-3-7-17(19)18-8-4-6-10-20(18)21/h3-10,16,21-22,29H,11-15H2,1-2H3,(H,27,33)(H,31,32)/t16?,22-/m0/s1. The molecule has 1 saturated heterocycles. The van der Waals surface area contributed by atoms with Gasteiger partial charge in [-0.05, 0) is 42.5 Å². The molecule has 0 radical (unpaired) electrons. The van der Waals surface area contributed by atoms with Crippen LogP contribution in [0, 0.1) is 0 Å². The zero-order valence-corrected chi connectivity index (χ0v) is 19.4. The topological polar surface area (TPSA) is 116 Å². The summed E-state index contributed by atoms with van der Waals surface area (Å²) in [6.45, 7) is 3.78. The van der Waals surface area contributed by atoms with Crippen LogP contribution in [-0.2, 0) is 14.3 Å². The summed E-state index contributed by atoms with van der Waals surface area (Å²) in [6.07, 6.45) is -1.03. The molecule has 2 aromatic rings. The minimum Gasteiger partial charge on any atom is -0.480 e. The highest BCUT2D eigenvalue weighted by molar-refractivity contribution is 5.84. The zero-order valence-electron chi connectivity index (χ0n) is 19.4. The van der Waals surface area contributed by atoms with Crippen LogP contribution in [0.5, 0.6) is 0 Å². The molecule has 4 rings (SSSR count). The Labute approximate surface area is 198 Å². The maximum atomic E-state index is 12.6. The van der Waals surface area contributed by atoms with Crippen LogP contribution in [0.4, 0.5) is 4.79 Å². The van der Waals surface area contributed by atoms with E-state index in [0.717, 1.165) is 22.3 Å². The van der Waals surface area contributed by atoms with Crippen LogP contribution in [0.3, 0.4) is 0 Å². The Hall–Kier alpha value is -3.39. The van der Waals surface area contributed by atoms with E-state index < -0.39 is 29.7 Å². The van der Waals surface area contributed by atoms with Crippen molar-refractivity contribution in [2.75, 3.05) is 13.2 Å². The second-order valence-electron chi connectivity index (χ2n) is 9.62. The summed E-state index contributed by atoms with van der Waals surface area (Å²) >= 11 is 0. The first-order valence-corrected chi connectivity index (χ1v) is 11.5. The Balaban J connectivity index is 1.32. The van der Waals surface area contributed by atoms with Gasteiger partial charge in [-0.25, -0.2) is 9.59 Å². The molecule has 0 saturated carbocycles. The fourth-order valence-corrected chi connectivity index (χ4v) is 4.86. The number of carbonyl (C=O) groups is 3. The van der Waals surface area contributed by atoms with Crippen LogP contribution in [-0.4, -0.2) is 63.9 Å². The number of benzene rings is 2. The van der Waals surface area contributed by atoms with Crippen molar-refractivity contribution in [2.45, 2.75) is 56.7 Å². The molecule has 1 aliphatic heterocycles. The van der Waals surface area contributed by atoms with Gasteiger partial charge in [-0.1, -0.05) is 48.5 Å². The van der Waals surface area contributed by atoms with Gasteiger partial charge in [0.2, 0.25) is 5.91 Å². The van der Waals surface area contributed by atoms with Gasteiger partial charge >= 0.3 is 12.1 Å². The molecule has 34 heavy (non-hydrogen) atoms. The number of nitrogens with one attached hydrogen (secondary N) is 1.